The van der Waals surface area contributed by atoms with Gasteiger partial charge in [-0.15, -0.1) is 0 Å². The van der Waals surface area contributed by atoms with Gasteiger partial charge in [-0.25, -0.2) is 0 Å². The molecule has 0 saturated heterocycles. The van der Waals surface area contributed by atoms with Crippen molar-refractivity contribution >= 4 is 39.1 Å². The molecule has 0 aliphatic heterocycles. The molecule has 1 aromatic carbocycles. The quantitative estimate of drug-likeness (QED) is 0.895. The lowest BCUT2D eigenvalue weighted by Crippen LogP contribution is -2.27. The van der Waals surface area contributed by atoms with Crippen molar-refractivity contribution in [1.29, 1.82) is 0 Å². The molecular formula is C12H12BrClN4O. The first kappa shape index (κ1) is 13.9. The number of benzene rings is 1. The molecule has 0 spiro atoms. The minimum absolute atomic E-state index is 0.172. The largest absolute Gasteiger partial charge is 0.396 e. The maximum absolute atomic E-state index is 11.9. The Bertz CT molecular complexity index is 599. The van der Waals surface area contributed by atoms with Crippen LogP contribution in [0.1, 0.15) is 10.4 Å². The average Bonchev–Trinajstić information content (AvgIpc) is 2.78. The predicted molar refractivity (Wildman–Crippen MR) is 78.1 cm³/mol. The second-order valence-corrected chi connectivity index (χ2v) is 5.18. The number of rotatable bonds is 4. The smallest absolute Gasteiger partial charge is 0.251 e. The number of nitrogens with one attached hydrogen (secondary N) is 1. The van der Waals surface area contributed by atoms with Gasteiger partial charge in [0.15, 0.2) is 0 Å². The third-order valence-electron chi connectivity index (χ3n) is 2.46. The van der Waals surface area contributed by atoms with Gasteiger partial charge in [0.05, 0.1) is 23.5 Å². The summed E-state index contributed by atoms with van der Waals surface area (Å²) in [5.41, 5.74) is 6.67. The van der Waals surface area contributed by atoms with Crippen molar-refractivity contribution in [2.24, 2.45) is 0 Å². The minimum Gasteiger partial charge on any atom is -0.396 e. The van der Waals surface area contributed by atoms with E-state index in [1.165, 1.54) is 0 Å². The summed E-state index contributed by atoms with van der Waals surface area (Å²) >= 11 is 9.21. The predicted octanol–water partition coefficient (Wildman–Crippen LogP) is 2.31. The van der Waals surface area contributed by atoms with Crippen molar-refractivity contribution in [3.63, 3.8) is 0 Å². The number of hydrogen-bond donors (Lipinski definition) is 2. The first-order valence-corrected chi connectivity index (χ1v) is 6.74. The van der Waals surface area contributed by atoms with Crippen molar-refractivity contribution in [1.82, 2.24) is 15.1 Å². The van der Waals surface area contributed by atoms with Gasteiger partial charge in [-0.1, -0.05) is 11.6 Å². The summed E-state index contributed by atoms with van der Waals surface area (Å²) in [6, 6.07) is 5.06. The molecule has 0 aliphatic rings. The Morgan fingerprint density at radius 1 is 1.53 bits per heavy atom. The zero-order chi connectivity index (χ0) is 13.8. The van der Waals surface area contributed by atoms with Crippen LogP contribution >= 0.6 is 27.5 Å². The van der Waals surface area contributed by atoms with E-state index in [1.54, 1.807) is 35.3 Å². The van der Waals surface area contributed by atoms with Gasteiger partial charge in [-0.05, 0) is 34.1 Å². The molecule has 2 aromatic rings. The van der Waals surface area contributed by atoms with Crippen LogP contribution in [-0.2, 0) is 6.54 Å². The molecule has 0 aliphatic carbocycles. The topological polar surface area (TPSA) is 72.9 Å². The molecule has 19 heavy (non-hydrogen) atoms. The summed E-state index contributed by atoms with van der Waals surface area (Å²) in [6.07, 6.45) is 3.28. The monoisotopic (exact) mass is 342 g/mol. The number of halogens is 2. The molecule has 7 heteroatoms. The van der Waals surface area contributed by atoms with Crippen LogP contribution in [0.4, 0.5) is 5.69 Å². The summed E-state index contributed by atoms with van der Waals surface area (Å²) in [5, 5.41) is 7.32. The maximum atomic E-state index is 11.9. The molecule has 0 fully saturated rings. The van der Waals surface area contributed by atoms with Crippen molar-refractivity contribution in [3.8, 4) is 0 Å². The van der Waals surface area contributed by atoms with Crippen LogP contribution in [0, 0.1) is 0 Å². The highest BCUT2D eigenvalue weighted by Gasteiger charge is 2.07. The molecule has 0 atom stereocenters. The summed E-state index contributed by atoms with van der Waals surface area (Å²) in [4.78, 5) is 11.9. The normalized spacial score (nSPS) is 10.4. The number of hydrogen-bond acceptors (Lipinski definition) is 3. The highest BCUT2D eigenvalue weighted by Crippen LogP contribution is 2.23. The number of carbonyl (C=O) groups is 1. The second kappa shape index (κ2) is 6.08. The Morgan fingerprint density at radius 2 is 2.32 bits per heavy atom. The summed E-state index contributed by atoms with van der Waals surface area (Å²) in [5.74, 6) is -0.172. The lowest BCUT2D eigenvalue weighted by atomic mass is 10.2. The van der Waals surface area contributed by atoms with E-state index in [2.05, 4.69) is 26.3 Å². The number of amides is 1. The fraction of sp³-hybridized carbons (Fsp3) is 0.167. The highest BCUT2D eigenvalue weighted by molar-refractivity contribution is 9.10. The molecule has 0 bridgehead atoms. The fourth-order valence-electron chi connectivity index (χ4n) is 1.53. The van der Waals surface area contributed by atoms with Crippen LogP contribution in [0.25, 0.3) is 0 Å². The molecule has 0 radical (unpaired) electrons. The van der Waals surface area contributed by atoms with Gasteiger partial charge < -0.3 is 11.1 Å². The minimum atomic E-state index is -0.172. The number of nitrogens with zero attached hydrogens (tertiary/aromatic N) is 2. The van der Waals surface area contributed by atoms with Crippen molar-refractivity contribution < 1.29 is 4.79 Å². The van der Waals surface area contributed by atoms with Gasteiger partial charge in [-0.3, -0.25) is 9.48 Å². The molecule has 0 unspecified atom stereocenters. The standard InChI is InChI=1S/C12H12BrClN4O/c13-10-2-1-8(5-11(10)14)12(19)16-3-4-18-7-9(15)6-17-18/h1-2,5-7H,3-4,15H2,(H,16,19). The van der Waals surface area contributed by atoms with Crippen LogP contribution in [0.15, 0.2) is 35.1 Å². The summed E-state index contributed by atoms with van der Waals surface area (Å²) < 4.78 is 2.43. The van der Waals surface area contributed by atoms with Gasteiger partial charge in [-0.2, -0.15) is 5.10 Å². The number of aromatic nitrogens is 2. The zero-order valence-corrected chi connectivity index (χ0v) is 12.3. The molecule has 1 aromatic heterocycles. The van der Waals surface area contributed by atoms with E-state index >= 15 is 0 Å². The van der Waals surface area contributed by atoms with Crippen LogP contribution in [-0.4, -0.2) is 22.2 Å². The number of nitrogen functional groups attached to an aromatic ring is 1. The SMILES string of the molecule is Nc1cnn(CCNC(=O)c2ccc(Br)c(Cl)c2)c1. The number of carbonyl (C=O) groups excluding carboxylic acids is 1. The van der Waals surface area contributed by atoms with E-state index in [1.807, 2.05) is 0 Å². The molecule has 1 amide bonds. The molecule has 5 nitrogen and oxygen atoms in total. The lowest BCUT2D eigenvalue weighted by molar-refractivity contribution is 0.0952. The van der Waals surface area contributed by atoms with Crippen molar-refractivity contribution in [3.05, 3.63) is 45.7 Å². The van der Waals surface area contributed by atoms with E-state index < -0.39 is 0 Å². The third-order valence-corrected chi connectivity index (χ3v) is 3.69. The molecule has 2 rings (SSSR count). The Labute approximate surface area is 123 Å². The highest BCUT2D eigenvalue weighted by atomic mass is 79.9. The average molecular weight is 344 g/mol. The van der Waals surface area contributed by atoms with E-state index in [-0.39, 0.29) is 5.91 Å². The molecule has 100 valence electrons. The van der Waals surface area contributed by atoms with Crippen molar-refractivity contribution in [2.45, 2.75) is 6.54 Å². The van der Waals surface area contributed by atoms with E-state index in [9.17, 15) is 4.79 Å². The Balaban J connectivity index is 1.89. The van der Waals surface area contributed by atoms with Gasteiger partial charge in [0.1, 0.15) is 0 Å². The van der Waals surface area contributed by atoms with E-state index in [0.717, 1.165) is 4.47 Å². The van der Waals surface area contributed by atoms with Crippen LogP contribution in [0.3, 0.4) is 0 Å². The second-order valence-electron chi connectivity index (χ2n) is 3.92. The summed E-state index contributed by atoms with van der Waals surface area (Å²) in [7, 11) is 0. The van der Waals surface area contributed by atoms with Gasteiger partial charge in [0.25, 0.3) is 5.91 Å². The Kier molecular flexibility index (Phi) is 4.44. The van der Waals surface area contributed by atoms with Crippen molar-refractivity contribution in [2.75, 3.05) is 12.3 Å². The van der Waals surface area contributed by atoms with Crippen LogP contribution < -0.4 is 11.1 Å². The first-order valence-electron chi connectivity index (χ1n) is 5.57. The first-order chi connectivity index (χ1) is 9.06. The molecule has 3 N–H and O–H groups in total. The number of anilines is 1. The van der Waals surface area contributed by atoms with Crippen LogP contribution in [0.5, 0.6) is 0 Å². The van der Waals surface area contributed by atoms with E-state index in [0.29, 0.717) is 29.4 Å². The van der Waals surface area contributed by atoms with E-state index in [4.69, 9.17) is 17.3 Å². The van der Waals surface area contributed by atoms with Gasteiger partial charge in [0.2, 0.25) is 0 Å². The summed E-state index contributed by atoms with van der Waals surface area (Å²) in [6.45, 7) is 1.03. The van der Waals surface area contributed by atoms with Gasteiger partial charge >= 0.3 is 0 Å². The fourth-order valence-corrected chi connectivity index (χ4v) is 1.95. The Hall–Kier alpha value is -1.53. The zero-order valence-electron chi connectivity index (χ0n) is 9.94. The number of nitrogens with two attached hydrogens (primary N) is 1. The van der Waals surface area contributed by atoms with Crippen LogP contribution in [0.2, 0.25) is 5.02 Å². The third kappa shape index (κ3) is 3.71. The molecular weight excluding hydrogens is 332 g/mol. The molecule has 1 heterocycles. The maximum Gasteiger partial charge on any atom is 0.251 e. The lowest BCUT2D eigenvalue weighted by Gasteiger charge is -2.06. The van der Waals surface area contributed by atoms with Gasteiger partial charge in [0, 0.05) is 22.8 Å². The molecule has 0 saturated carbocycles. The Morgan fingerprint density at radius 3 is 2.95 bits per heavy atom.